The molecule has 0 aliphatic heterocycles. The molecule has 5 nitrogen and oxygen atoms in total. The molecule has 3 rings (SSSR count). The number of amides is 2. The third kappa shape index (κ3) is 5.45. The summed E-state index contributed by atoms with van der Waals surface area (Å²) in [4.78, 5) is 24.2. The molecule has 0 saturated carbocycles. The third-order valence-electron chi connectivity index (χ3n) is 4.20. The normalized spacial score (nSPS) is 10.2. The van der Waals surface area contributed by atoms with Crippen LogP contribution in [-0.4, -0.2) is 18.4 Å². The Kier molecular flexibility index (Phi) is 6.41. The largest absolute Gasteiger partial charge is 0.484 e. The monoisotopic (exact) mass is 374 g/mol. The molecule has 0 fully saturated rings. The molecule has 3 aromatic carbocycles. The Morgan fingerprint density at radius 1 is 0.857 bits per heavy atom. The van der Waals surface area contributed by atoms with Gasteiger partial charge in [0.05, 0.1) is 0 Å². The smallest absolute Gasteiger partial charge is 0.262 e. The van der Waals surface area contributed by atoms with Gasteiger partial charge >= 0.3 is 0 Å². The number of anilines is 1. The Bertz CT molecular complexity index is 938. The molecule has 0 atom stereocenters. The highest BCUT2D eigenvalue weighted by molar-refractivity contribution is 5.94. The first-order valence-electron chi connectivity index (χ1n) is 9.02. The topological polar surface area (TPSA) is 67.4 Å². The Hall–Kier alpha value is -3.60. The molecule has 0 bridgehead atoms. The van der Waals surface area contributed by atoms with Gasteiger partial charge in [-0.3, -0.25) is 9.59 Å². The van der Waals surface area contributed by atoms with Gasteiger partial charge in [0, 0.05) is 17.8 Å². The molecule has 142 valence electrons. The maximum atomic E-state index is 12.2. The molecule has 0 radical (unpaired) electrons. The summed E-state index contributed by atoms with van der Waals surface area (Å²) < 4.78 is 5.50. The lowest BCUT2D eigenvalue weighted by atomic mass is 10.2. The first-order chi connectivity index (χ1) is 13.6. The number of aryl methyl sites for hydroxylation is 1. The second-order valence-electron chi connectivity index (χ2n) is 6.34. The van der Waals surface area contributed by atoms with Gasteiger partial charge in [-0.25, -0.2) is 0 Å². The highest BCUT2D eigenvalue weighted by Crippen LogP contribution is 2.15. The Labute approximate surface area is 164 Å². The number of rotatable bonds is 7. The second kappa shape index (κ2) is 9.37. The molecule has 5 heteroatoms. The van der Waals surface area contributed by atoms with Crippen molar-refractivity contribution in [2.75, 3.05) is 11.9 Å². The lowest BCUT2D eigenvalue weighted by Crippen LogP contribution is -2.23. The van der Waals surface area contributed by atoms with Gasteiger partial charge in [-0.1, -0.05) is 48.5 Å². The summed E-state index contributed by atoms with van der Waals surface area (Å²) >= 11 is 0. The fraction of sp³-hybridized carbons (Fsp3) is 0.130. The summed E-state index contributed by atoms with van der Waals surface area (Å²) in [5.41, 5.74) is 3.33. The van der Waals surface area contributed by atoms with Gasteiger partial charge in [-0.2, -0.15) is 0 Å². The fourth-order valence-corrected chi connectivity index (χ4v) is 2.63. The number of nitrogens with one attached hydrogen (secondary N) is 2. The quantitative estimate of drug-likeness (QED) is 0.658. The first-order valence-corrected chi connectivity index (χ1v) is 9.02. The Balaban J connectivity index is 1.48. The van der Waals surface area contributed by atoms with Crippen molar-refractivity contribution in [2.24, 2.45) is 0 Å². The molecule has 0 saturated heterocycles. The predicted molar refractivity (Wildman–Crippen MR) is 109 cm³/mol. The summed E-state index contributed by atoms with van der Waals surface area (Å²) in [6.45, 7) is 2.29. The van der Waals surface area contributed by atoms with E-state index in [2.05, 4.69) is 10.6 Å². The Morgan fingerprint density at radius 3 is 2.25 bits per heavy atom. The fourth-order valence-electron chi connectivity index (χ4n) is 2.63. The van der Waals surface area contributed by atoms with Crippen LogP contribution in [0, 0.1) is 6.92 Å². The van der Waals surface area contributed by atoms with Gasteiger partial charge in [0.25, 0.3) is 11.8 Å². The average molecular weight is 374 g/mol. The van der Waals surface area contributed by atoms with Crippen molar-refractivity contribution >= 4 is 17.5 Å². The van der Waals surface area contributed by atoms with Crippen LogP contribution >= 0.6 is 0 Å². The highest BCUT2D eigenvalue weighted by atomic mass is 16.5. The van der Waals surface area contributed by atoms with Gasteiger partial charge in [-0.05, 0) is 48.4 Å². The molecule has 0 aliphatic carbocycles. The van der Waals surface area contributed by atoms with E-state index in [0.717, 1.165) is 16.8 Å². The van der Waals surface area contributed by atoms with Crippen molar-refractivity contribution in [1.82, 2.24) is 5.32 Å². The van der Waals surface area contributed by atoms with Crippen molar-refractivity contribution in [1.29, 1.82) is 0 Å². The maximum Gasteiger partial charge on any atom is 0.262 e. The van der Waals surface area contributed by atoms with E-state index in [1.165, 1.54) is 0 Å². The molecule has 0 heterocycles. The predicted octanol–water partition coefficient (Wildman–Crippen LogP) is 3.94. The van der Waals surface area contributed by atoms with Gasteiger partial charge in [0.1, 0.15) is 5.75 Å². The molecular formula is C23H22N2O3. The number of carbonyl (C=O) groups excluding carboxylic acids is 2. The van der Waals surface area contributed by atoms with Crippen molar-refractivity contribution in [2.45, 2.75) is 13.5 Å². The number of para-hydroxylation sites is 1. The molecule has 0 aliphatic rings. The van der Waals surface area contributed by atoms with Crippen molar-refractivity contribution in [3.8, 4) is 5.75 Å². The minimum absolute atomic E-state index is 0.103. The molecule has 28 heavy (non-hydrogen) atoms. The summed E-state index contributed by atoms with van der Waals surface area (Å²) in [5.74, 6) is 0.131. The van der Waals surface area contributed by atoms with Crippen LogP contribution in [-0.2, 0) is 11.3 Å². The van der Waals surface area contributed by atoms with Crippen LogP contribution in [0.5, 0.6) is 5.75 Å². The maximum absolute atomic E-state index is 12.2. The summed E-state index contributed by atoms with van der Waals surface area (Å²) in [6, 6.07) is 24.0. The zero-order chi connectivity index (χ0) is 19.8. The number of ether oxygens (including phenoxy) is 1. The third-order valence-corrected chi connectivity index (χ3v) is 4.20. The minimum Gasteiger partial charge on any atom is -0.484 e. The lowest BCUT2D eigenvalue weighted by molar-refractivity contribution is -0.118. The zero-order valence-electron chi connectivity index (χ0n) is 15.6. The standard InChI is InChI=1S/C23H22N2O3/c1-17-7-5-6-10-21(17)25-22(26)16-28-20-13-11-19(12-14-20)23(27)24-15-18-8-3-2-4-9-18/h2-14H,15-16H2,1H3,(H,24,27)(H,25,26). The van der Waals surface area contributed by atoms with E-state index >= 15 is 0 Å². The summed E-state index contributed by atoms with van der Waals surface area (Å²) in [7, 11) is 0. The molecular weight excluding hydrogens is 352 g/mol. The number of hydrogen-bond acceptors (Lipinski definition) is 3. The molecule has 3 aromatic rings. The van der Waals surface area contributed by atoms with Crippen LogP contribution in [0.3, 0.4) is 0 Å². The van der Waals surface area contributed by atoms with Crippen LogP contribution < -0.4 is 15.4 Å². The molecule has 0 unspecified atom stereocenters. The van der Waals surface area contributed by atoms with Crippen LogP contribution in [0.2, 0.25) is 0 Å². The van der Waals surface area contributed by atoms with Crippen molar-refractivity contribution < 1.29 is 14.3 Å². The molecule has 0 aromatic heterocycles. The van der Waals surface area contributed by atoms with Crippen LogP contribution in [0.25, 0.3) is 0 Å². The molecule has 0 spiro atoms. The summed E-state index contributed by atoms with van der Waals surface area (Å²) in [6.07, 6.45) is 0. The zero-order valence-corrected chi connectivity index (χ0v) is 15.6. The molecule has 2 amide bonds. The van der Waals surface area contributed by atoms with Gasteiger partial charge < -0.3 is 15.4 Å². The second-order valence-corrected chi connectivity index (χ2v) is 6.34. The average Bonchev–Trinajstić information content (AvgIpc) is 2.73. The van der Waals surface area contributed by atoms with E-state index in [0.29, 0.717) is 17.9 Å². The number of benzene rings is 3. The van der Waals surface area contributed by atoms with E-state index in [4.69, 9.17) is 4.74 Å². The SMILES string of the molecule is Cc1ccccc1NC(=O)COc1ccc(C(=O)NCc2ccccc2)cc1. The first kappa shape index (κ1) is 19.2. The summed E-state index contributed by atoms with van der Waals surface area (Å²) in [5, 5.41) is 5.69. The van der Waals surface area contributed by atoms with E-state index in [1.807, 2.05) is 61.5 Å². The van der Waals surface area contributed by atoms with Crippen molar-refractivity contribution in [3.63, 3.8) is 0 Å². The van der Waals surface area contributed by atoms with E-state index in [-0.39, 0.29) is 18.4 Å². The minimum atomic E-state index is -0.237. The lowest BCUT2D eigenvalue weighted by Gasteiger charge is -2.10. The van der Waals surface area contributed by atoms with E-state index in [1.54, 1.807) is 24.3 Å². The van der Waals surface area contributed by atoms with Crippen LogP contribution in [0.4, 0.5) is 5.69 Å². The van der Waals surface area contributed by atoms with E-state index in [9.17, 15) is 9.59 Å². The van der Waals surface area contributed by atoms with Crippen LogP contribution in [0.15, 0.2) is 78.9 Å². The van der Waals surface area contributed by atoms with Gasteiger partial charge in [0.15, 0.2) is 6.61 Å². The van der Waals surface area contributed by atoms with Gasteiger partial charge in [0.2, 0.25) is 0 Å². The van der Waals surface area contributed by atoms with Crippen molar-refractivity contribution in [3.05, 3.63) is 95.6 Å². The highest BCUT2D eigenvalue weighted by Gasteiger charge is 2.08. The Morgan fingerprint density at radius 2 is 1.54 bits per heavy atom. The molecule has 2 N–H and O–H groups in total. The number of carbonyl (C=O) groups is 2. The number of hydrogen-bond donors (Lipinski definition) is 2. The van der Waals surface area contributed by atoms with Crippen LogP contribution in [0.1, 0.15) is 21.5 Å². The van der Waals surface area contributed by atoms with E-state index < -0.39 is 0 Å². The van der Waals surface area contributed by atoms with Gasteiger partial charge in [-0.15, -0.1) is 0 Å².